The second kappa shape index (κ2) is 7.18. The first-order chi connectivity index (χ1) is 11.1. The lowest BCUT2D eigenvalue weighted by Crippen LogP contribution is -2.54. The van der Waals surface area contributed by atoms with Gasteiger partial charge in [-0.25, -0.2) is 0 Å². The van der Waals surface area contributed by atoms with E-state index >= 15 is 0 Å². The highest BCUT2D eigenvalue weighted by molar-refractivity contribution is 5.86. The van der Waals surface area contributed by atoms with Crippen molar-refractivity contribution in [1.29, 1.82) is 0 Å². The zero-order chi connectivity index (χ0) is 16.3. The third-order valence-electron chi connectivity index (χ3n) is 5.62. The molecule has 2 amide bonds. The van der Waals surface area contributed by atoms with Crippen molar-refractivity contribution in [3.63, 3.8) is 0 Å². The summed E-state index contributed by atoms with van der Waals surface area (Å²) in [5.74, 6) is 0.371. The molecule has 3 aliphatic rings. The average Bonchev–Trinajstić information content (AvgIpc) is 3.17. The summed E-state index contributed by atoms with van der Waals surface area (Å²) in [6.45, 7) is 5.45. The van der Waals surface area contributed by atoms with Crippen LogP contribution in [-0.2, 0) is 9.59 Å². The molecule has 0 atom stereocenters. The SMILES string of the molecule is NC1(C(=O)N2CCCN(CC(=O)N3CCCC3)CC2)CCCC1. The van der Waals surface area contributed by atoms with Gasteiger partial charge in [0.15, 0.2) is 0 Å². The van der Waals surface area contributed by atoms with Crippen molar-refractivity contribution in [2.75, 3.05) is 45.8 Å². The molecule has 2 heterocycles. The van der Waals surface area contributed by atoms with Crippen LogP contribution in [0.4, 0.5) is 0 Å². The number of carbonyl (C=O) groups excluding carboxylic acids is 2. The van der Waals surface area contributed by atoms with Crippen LogP contribution in [0.5, 0.6) is 0 Å². The van der Waals surface area contributed by atoms with Gasteiger partial charge in [0.2, 0.25) is 11.8 Å². The van der Waals surface area contributed by atoms with Crippen LogP contribution in [0.2, 0.25) is 0 Å². The second-order valence-electron chi connectivity index (χ2n) is 7.37. The first kappa shape index (κ1) is 16.7. The van der Waals surface area contributed by atoms with Gasteiger partial charge in [0.05, 0.1) is 12.1 Å². The molecule has 0 aromatic heterocycles. The van der Waals surface area contributed by atoms with Gasteiger partial charge in [-0.3, -0.25) is 14.5 Å². The molecule has 0 unspecified atom stereocenters. The monoisotopic (exact) mass is 322 g/mol. The summed E-state index contributed by atoms with van der Waals surface area (Å²) in [5, 5.41) is 0. The van der Waals surface area contributed by atoms with Gasteiger partial charge in [0.25, 0.3) is 0 Å². The third kappa shape index (κ3) is 3.86. The molecule has 0 spiro atoms. The quantitative estimate of drug-likeness (QED) is 0.817. The topological polar surface area (TPSA) is 69.9 Å². The average molecular weight is 322 g/mol. The molecule has 2 N–H and O–H groups in total. The minimum atomic E-state index is -0.624. The van der Waals surface area contributed by atoms with E-state index in [0.717, 1.165) is 77.7 Å². The second-order valence-corrected chi connectivity index (χ2v) is 7.37. The maximum absolute atomic E-state index is 12.7. The number of amides is 2. The van der Waals surface area contributed by atoms with E-state index in [1.165, 1.54) is 0 Å². The molecular formula is C17H30N4O2. The van der Waals surface area contributed by atoms with Crippen LogP contribution in [0, 0.1) is 0 Å². The Morgan fingerprint density at radius 3 is 2.13 bits per heavy atom. The van der Waals surface area contributed by atoms with Crippen molar-refractivity contribution >= 4 is 11.8 Å². The highest BCUT2D eigenvalue weighted by Crippen LogP contribution is 2.29. The Bertz CT molecular complexity index is 442. The highest BCUT2D eigenvalue weighted by Gasteiger charge is 2.40. The molecule has 0 aromatic rings. The van der Waals surface area contributed by atoms with Crippen LogP contribution < -0.4 is 5.73 Å². The van der Waals surface area contributed by atoms with Gasteiger partial charge < -0.3 is 15.5 Å². The zero-order valence-corrected chi connectivity index (χ0v) is 14.1. The Balaban J connectivity index is 1.50. The summed E-state index contributed by atoms with van der Waals surface area (Å²) in [5.41, 5.74) is 5.69. The number of rotatable bonds is 3. The molecule has 3 fully saturated rings. The van der Waals surface area contributed by atoms with Crippen LogP contribution in [0.3, 0.4) is 0 Å². The van der Waals surface area contributed by atoms with Crippen molar-refractivity contribution in [2.45, 2.75) is 50.5 Å². The number of likely N-dealkylation sites (tertiary alicyclic amines) is 1. The minimum Gasteiger partial charge on any atom is -0.342 e. The smallest absolute Gasteiger partial charge is 0.242 e. The fourth-order valence-electron chi connectivity index (χ4n) is 4.12. The summed E-state index contributed by atoms with van der Waals surface area (Å²) >= 11 is 0. The summed E-state index contributed by atoms with van der Waals surface area (Å²) in [6, 6.07) is 0. The predicted molar refractivity (Wildman–Crippen MR) is 88.8 cm³/mol. The Hall–Kier alpha value is -1.14. The lowest BCUT2D eigenvalue weighted by atomic mass is 9.97. The van der Waals surface area contributed by atoms with Crippen LogP contribution in [0.25, 0.3) is 0 Å². The van der Waals surface area contributed by atoms with Gasteiger partial charge in [0, 0.05) is 39.3 Å². The van der Waals surface area contributed by atoms with Gasteiger partial charge in [0.1, 0.15) is 0 Å². The Morgan fingerprint density at radius 1 is 0.783 bits per heavy atom. The normalized spacial score (nSPS) is 25.6. The fourth-order valence-corrected chi connectivity index (χ4v) is 4.12. The Kier molecular flexibility index (Phi) is 5.21. The maximum Gasteiger partial charge on any atom is 0.242 e. The van der Waals surface area contributed by atoms with Gasteiger partial charge in [-0.1, -0.05) is 12.8 Å². The largest absolute Gasteiger partial charge is 0.342 e. The summed E-state index contributed by atoms with van der Waals surface area (Å²) in [7, 11) is 0. The van der Waals surface area contributed by atoms with Crippen LogP contribution in [0.1, 0.15) is 44.9 Å². The first-order valence-corrected chi connectivity index (χ1v) is 9.17. The lowest BCUT2D eigenvalue weighted by molar-refractivity contribution is -0.136. The van der Waals surface area contributed by atoms with E-state index in [1.54, 1.807) is 0 Å². The fraction of sp³-hybridized carbons (Fsp3) is 0.882. The van der Waals surface area contributed by atoms with Crippen molar-refractivity contribution in [2.24, 2.45) is 5.73 Å². The number of nitrogens with zero attached hydrogens (tertiary/aromatic N) is 3. The molecule has 0 aromatic carbocycles. The highest BCUT2D eigenvalue weighted by atomic mass is 16.2. The summed E-state index contributed by atoms with van der Waals surface area (Å²) < 4.78 is 0. The van der Waals surface area contributed by atoms with Crippen LogP contribution in [0.15, 0.2) is 0 Å². The Labute approximate surface area is 139 Å². The van der Waals surface area contributed by atoms with Crippen molar-refractivity contribution in [3.05, 3.63) is 0 Å². The third-order valence-corrected chi connectivity index (χ3v) is 5.62. The van der Waals surface area contributed by atoms with Gasteiger partial charge >= 0.3 is 0 Å². The molecule has 2 aliphatic heterocycles. The number of hydrogen-bond donors (Lipinski definition) is 1. The van der Waals surface area contributed by atoms with E-state index < -0.39 is 5.54 Å². The molecule has 2 saturated heterocycles. The molecule has 3 rings (SSSR count). The molecule has 6 heteroatoms. The first-order valence-electron chi connectivity index (χ1n) is 9.17. The maximum atomic E-state index is 12.7. The molecule has 23 heavy (non-hydrogen) atoms. The van der Waals surface area contributed by atoms with E-state index in [0.29, 0.717) is 13.1 Å². The Morgan fingerprint density at radius 2 is 1.43 bits per heavy atom. The summed E-state index contributed by atoms with van der Waals surface area (Å²) in [6.07, 6.45) is 6.95. The number of hydrogen-bond acceptors (Lipinski definition) is 4. The minimum absolute atomic E-state index is 0.128. The lowest BCUT2D eigenvalue weighted by Gasteiger charge is -2.30. The van der Waals surface area contributed by atoms with Crippen molar-refractivity contribution in [1.82, 2.24) is 14.7 Å². The van der Waals surface area contributed by atoms with Crippen LogP contribution in [-0.4, -0.2) is 77.9 Å². The van der Waals surface area contributed by atoms with E-state index in [1.807, 2.05) is 9.80 Å². The number of carbonyl (C=O) groups is 2. The van der Waals surface area contributed by atoms with Crippen molar-refractivity contribution < 1.29 is 9.59 Å². The van der Waals surface area contributed by atoms with Gasteiger partial charge in [-0.15, -0.1) is 0 Å². The molecular weight excluding hydrogens is 292 g/mol. The predicted octanol–water partition coefficient (Wildman–Crippen LogP) is 0.415. The van der Waals surface area contributed by atoms with E-state index in [-0.39, 0.29) is 11.8 Å². The van der Waals surface area contributed by atoms with Gasteiger partial charge in [-0.2, -0.15) is 0 Å². The summed E-state index contributed by atoms with van der Waals surface area (Å²) in [4.78, 5) is 31.1. The van der Waals surface area contributed by atoms with Crippen LogP contribution >= 0.6 is 0 Å². The molecule has 1 aliphatic carbocycles. The molecule has 0 bridgehead atoms. The molecule has 130 valence electrons. The molecule has 0 radical (unpaired) electrons. The van der Waals surface area contributed by atoms with E-state index in [9.17, 15) is 9.59 Å². The van der Waals surface area contributed by atoms with Gasteiger partial charge in [-0.05, 0) is 32.1 Å². The van der Waals surface area contributed by atoms with E-state index in [4.69, 9.17) is 5.73 Å². The number of nitrogens with two attached hydrogens (primary N) is 1. The molecule has 6 nitrogen and oxygen atoms in total. The van der Waals surface area contributed by atoms with Crippen molar-refractivity contribution in [3.8, 4) is 0 Å². The standard InChI is InChI=1S/C17H30N4O2/c18-17(6-1-2-7-17)16(23)21-11-5-8-19(12-13-21)14-15(22)20-9-3-4-10-20/h1-14,18H2. The zero-order valence-electron chi connectivity index (χ0n) is 14.1. The molecule has 1 saturated carbocycles. The van der Waals surface area contributed by atoms with E-state index in [2.05, 4.69) is 4.90 Å².